The first kappa shape index (κ1) is 19.1. The quantitative estimate of drug-likeness (QED) is 0.846. The number of amides is 2. The van der Waals surface area contributed by atoms with Gasteiger partial charge in [0.05, 0.1) is 5.92 Å². The number of likely N-dealkylation sites (tertiary alicyclic amines) is 1. The number of piperidine rings is 1. The Bertz CT molecular complexity index is 761. The van der Waals surface area contributed by atoms with Crippen LogP contribution in [-0.4, -0.2) is 46.1 Å². The first-order chi connectivity index (χ1) is 13.0. The number of halogens is 1. The second-order valence-electron chi connectivity index (χ2n) is 7.18. The molecule has 0 unspecified atom stereocenters. The smallest absolute Gasteiger partial charge is 0.253 e. The van der Waals surface area contributed by atoms with Crippen LogP contribution in [0.2, 0.25) is 0 Å². The van der Waals surface area contributed by atoms with E-state index in [1.165, 1.54) is 24.3 Å². The zero-order valence-electron chi connectivity index (χ0n) is 15.5. The minimum absolute atomic E-state index is 0.0149. The van der Waals surface area contributed by atoms with Gasteiger partial charge in [0.25, 0.3) is 5.91 Å². The standard InChI is InChI=1S/C20H25FN4O2/c1-15(13-25-11-3-9-23-25)12-22-19(26)17-4-2-10-24(14-17)20(27)16-5-7-18(21)8-6-16/h3,5-9,11,15,17H,2,4,10,12-14H2,1H3,(H,22,26)/t15-,17-/m1/s1. The van der Waals surface area contributed by atoms with Gasteiger partial charge in [0.15, 0.2) is 0 Å². The van der Waals surface area contributed by atoms with Crippen molar-refractivity contribution < 1.29 is 14.0 Å². The maximum atomic E-state index is 13.0. The zero-order valence-corrected chi connectivity index (χ0v) is 15.5. The molecule has 1 aromatic carbocycles. The molecule has 144 valence electrons. The van der Waals surface area contributed by atoms with Crippen LogP contribution in [0, 0.1) is 17.7 Å². The summed E-state index contributed by atoms with van der Waals surface area (Å²) in [4.78, 5) is 26.8. The Labute approximate surface area is 158 Å². The second kappa shape index (κ2) is 8.79. The molecule has 0 spiro atoms. The summed E-state index contributed by atoms with van der Waals surface area (Å²) >= 11 is 0. The average molecular weight is 372 g/mol. The molecule has 0 saturated carbocycles. The molecule has 2 atom stereocenters. The Morgan fingerprint density at radius 3 is 2.81 bits per heavy atom. The Morgan fingerprint density at radius 1 is 1.33 bits per heavy atom. The van der Waals surface area contributed by atoms with Gasteiger partial charge in [-0.1, -0.05) is 6.92 Å². The van der Waals surface area contributed by atoms with Crippen LogP contribution in [0.25, 0.3) is 0 Å². The molecule has 1 fully saturated rings. The average Bonchev–Trinajstić information content (AvgIpc) is 3.19. The number of carbonyl (C=O) groups is 2. The van der Waals surface area contributed by atoms with Crippen molar-refractivity contribution in [2.75, 3.05) is 19.6 Å². The van der Waals surface area contributed by atoms with E-state index in [0.29, 0.717) is 25.2 Å². The molecule has 1 aromatic heterocycles. The maximum Gasteiger partial charge on any atom is 0.253 e. The van der Waals surface area contributed by atoms with Crippen LogP contribution in [0.4, 0.5) is 4.39 Å². The normalized spacial score (nSPS) is 18.1. The van der Waals surface area contributed by atoms with Crippen molar-refractivity contribution in [2.24, 2.45) is 11.8 Å². The molecule has 1 aliphatic heterocycles. The molecule has 6 nitrogen and oxygen atoms in total. The van der Waals surface area contributed by atoms with Crippen LogP contribution < -0.4 is 5.32 Å². The molecule has 0 aliphatic carbocycles. The Morgan fingerprint density at radius 2 is 2.11 bits per heavy atom. The van der Waals surface area contributed by atoms with E-state index in [1.54, 1.807) is 11.1 Å². The minimum atomic E-state index is -0.369. The van der Waals surface area contributed by atoms with Gasteiger partial charge in [-0.05, 0) is 49.1 Å². The predicted molar refractivity (Wildman–Crippen MR) is 99.4 cm³/mol. The molecular formula is C20H25FN4O2. The number of hydrogen-bond acceptors (Lipinski definition) is 3. The van der Waals surface area contributed by atoms with E-state index in [1.807, 2.05) is 16.9 Å². The summed E-state index contributed by atoms with van der Waals surface area (Å²) in [7, 11) is 0. The van der Waals surface area contributed by atoms with Gasteiger partial charge in [0.1, 0.15) is 5.82 Å². The summed E-state index contributed by atoms with van der Waals surface area (Å²) in [6, 6.07) is 7.40. The van der Waals surface area contributed by atoms with E-state index >= 15 is 0 Å². The van der Waals surface area contributed by atoms with Crippen molar-refractivity contribution in [1.29, 1.82) is 0 Å². The first-order valence-corrected chi connectivity index (χ1v) is 9.33. The Kier molecular flexibility index (Phi) is 6.21. The summed E-state index contributed by atoms with van der Waals surface area (Å²) in [5, 5.41) is 7.18. The molecule has 3 rings (SSSR count). The number of rotatable bonds is 6. The topological polar surface area (TPSA) is 67.2 Å². The molecule has 7 heteroatoms. The van der Waals surface area contributed by atoms with Gasteiger partial charge in [-0.2, -0.15) is 5.10 Å². The van der Waals surface area contributed by atoms with Crippen molar-refractivity contribution >= 4 is 11.8 Å². The molecule has 2 amide bonds. The SMILES string of the molecule is C[C@H](CNC(=O)[C@@H]1CCCN(C(=O)c2ccc(F)cc2)C1)Cn1cccn1. The van der Waals surface area contributed by atoms with Gasteiger partial charge in [0, 0.05) is 44.1 Å². The largest absolute Gasteiger partial charge is 0.355 e. The fourth-order valence-corrected chi connectivity index (χ4v) is 3.36. The van der Waals surface area contributed by atoms with Crippen LogP contribution in [0.3, 0.4) is 0 Å². The predicted octanol–water partition coefficient (Wildman–Crippen LogP) is 2.33. The highest BCUT2D eigenvalue weighted by molar-refractivity contribution is 5.94. The monoisotopic (exact) mass is 372 g/mol. The summed E-state index contributed by atoms with van der Waals surface area (Å²) < 4.78 is 14.9. The third kappa shape index (κ3) is 5.15. The van der Waals surface area contributed by atoms with Crippen LogP contribution in [0.15, 0.2) is 42.7 Å². The van der Waals surface area contributed by atoms with E-state index in [-0.39, 0.29) is 29.5 Å². The Balaban J connectivity index is 1.50. The van der Waals surface area contributed by atoms with Gasteiger partial charge in [-0.3, -0.25) is 14.3 Å². The summed E-state index contributed by atoms with van der Waals surface area (Å²) in [6.07, 6.45) is 5.19. The van der Waals surface area contributed by atoms with Gasteiger partial charge in [0.2, 0.25) is 5.91 Å². The molecule has 2 heterocycles. The molecule has 1 N–H and O–H groups in total. The van der Waals surface area contributed by atoms with E-state index in [0.717, 1.165) is 19.4 Å². The van der Waals surface area contributed by atoms with Gasteiger partial charge in [-0.15, -0.1) is 0 Å². The molecule has 2 aromatic rings. The van der Waals surface area contributed by atoms with Crippen LogP contribution in [0.1, 0.15) is 30.1 Å². The highest BCUT2D eigenvalue weighted by Crippen LogP contribution is 2.19. The van der Waals surface area contributed by atoms with E-state index in [4.69, 9.17) is 0 Å². The lowest BCUT2D eigenvalue weighted by atomic mass is 9.96. The van der Waals surface area contributed by atoms with Crippen molar-refractivity contribution in [2.45, 2.75) is 26.3 Å². The number of benzene rings is 1. The van der Waals surface area contributed by atoms with E-state index in [2.05, 4.69) is 17.3 Å². The number of nitrogens with one attached hydrogen (secondary N) is 1. The minimum Gasteiger partial charge on any atom is -0.355 e. The molecule has 0 radical (unpaired) electrons. The second-order valence-corrected chi connectivity index (χ2v) is 7.18. The summed E-state index contributed by atoms with van der Waals surface area (Å²) in [6.45, 7) is 4.40. The highest BCUT2D eigenvalue weighted by Gasteiger charge is 2.29. The summed E-state index contributed by atoms with van der Waals surface area (Å²) in [5.74, 6) is -0.486. The van der Waals surface area contributed by atoms with Gasteiger partial charge >= 0.3 is 0 Å². The third-order valence-electron chi connectivity index (χ3n) is 4.85. The van der Waals surface area contributed by atoms with Gasteiger partial charge in [-0.25, -0.2) is 4.39 Å². The Hall–Kier alpha value is -2.70. The molecule has 0 bridgehead atoms. The lowest BCUT2D eigenvalue weighted by Crippen LogP contribution is -2.46. The van der Waals surface area contributed by atoms with Crippen LogP contribution >= 0.6 is 0 Å². The lowest BCUT2D eigenvalue weighted by Gasteiger charge is -2.32. The van der Waals surface area contributed by atoms with Crippen LogP contribution in [-0.2, 0) is 11.3 Å². The first-order valence-electron chi connectivity index (χ1n) is 9.33. The molecular weight excluding hydrogens is 347 g/mol. The van der Waals surface area contributed by atoms with E-state index in [9.17, 15) is 14.0 Å². The lowest BCUT2D eigenvalue weighted by molar-refractivity contribution is -0.126. The fraction of sp³-hybridized carbons (Fsp3) is 0.450. The third-order valence-corrected chi connectivity index (χ3v) is 4.85. The van der Waals surface area contributed by atoms with Crippen molar-refractivity contribution in [3.8, 4) is 0 Å². The number of carbonyl (C=O) groups excluding carboxylic acids is 2. The van der Waals surface area contributed by atoms with Crippen molar-refractivity contribution in [3.05, 3.63) is 54.1 Å². The van der Waals surface area contributed by atoms with Gasteiger partial charge < -0.3 is 10.2 Å². The molecule has 1 aliphatic rings. The fourth-order valence-electron chi connectivity index (χ4n) is 3.36. The number of hydrogen-bond donors (Lipinski definition) is 1. The maximum absolute atomic E-state index is 13.0. The van der Waals surface area contributed by atoms with Crippen molar-refractivity contribution in [3.63, 3.8) is 0 Å². The summed E-state index contributed by atoms with van der Waals surface area (Å²) in [5.41, 5.74) is 0.449. The number of aromatic nitrogens is 2. The van der Waals surface area contributed by atoms with Crippen molar-refractivity contribution in [1.82, 2.24) is 20.0 Å². The van der Waals surface area contributed by atoms with E-state index < -0.39 is 0 Å². The molecule has 1 saturated heterocycles. The zero-order chi connectivity index (χ0) is 19.2. The van der Waals surface area contributed by atoms with Crippen LogP contribution in [0.5, 0.6) is 0 Å². The highest BCUT2D eigenvalue weighted by atomic mass is 19.1. The molecule has 27 heavy (non-hydrogen) atoms. The number of nitrogens with zero attached hydrogens (tertiary/aromatic N) is 3.